The van der Waals surface area contributed by atoms with Crippen molar-refractivity contribution in [3.8, 4) is 0 Å². The molecule has 5 heteroatoms. The Hall–Kier alpha value is -0.440. The Morgan fingerprint density at radius 3 is 2.31 bits per heavy atom. The highest BCUT2D eigenvalue weighted by atomic mass is 35.5. The number of hydrogen-bond acceptors (Lipinski definition) is 2. The first-order valence-corrected chi connectivity index (χ1v) is 4.48. The van der Waals surface area contributed by atoms with Gasteiger partial charge in [-0.3, -0.25) is 0 Å². The van der Waals surface area contributed by atoms with Crippen LogP contribution in [0.3, 0.4) is 0 Å². The van der Waals surface area contributed by atoms with E-state index in [1.807, 2.05) is 0 Å². The van der Waals surface area contributed by atoms with E-state index in [-0.39, 0.29) is 27.1 Å². The summed E-state index contributed by atoms with van der Waals surface area (Å²) in [7, 11) is 0. The highest BCUT2D eigenvalue weighted by Gasteiger charge is 2.09. The van der Waals surface area contributed by atoms with E-state index >= 15 is 0 Å². The van der Waals surface area contributed by atoms with Crippen LogP contribution in [0.4, 0.5) is 0 Å². The minimum absolute atomic E-state index is 0.165. The van der Waals surface area contributed by atoms with Gasteiger partial charge in [-0.05, 0) is 17.7 Å². The zero-order valence-corrected chi connectivity index (χ0v) is 8.58. The molecule has 0 bridgehead atoms. The summed E-state index contributed by atoms with van der Waals surface area (Å²) < 4.78 is 0. The molecule has 0 spiro atoms. The molecule has 0 amide bonds. The third kappa shape index (κ3) is 2.50. The van der Waals surface area contributed by atoms with Crippen LogP contribution in [0.15, 0.2) is 12.1 Å². The first kappa shape index (κ1) is 10.6. The predicted molar refractivity (Wildman–Crippen MR) is 50.2 cm³/mol. The number of carbonyl (C=O) groups excluding carboxylic acids is 1. The predicted octanol–water partition coefficient (Wildman–Crippen LogP) is 1.94. The quantitative estimate of drug-likeness (QED) is 0.739. The molecule has 0 N–H and O–H groups in total. The minimum Gasteiger partial charge on any atom is -0.550 e. The number of carboxylic acid groups (broad SMARTS) is 1. The molecule has 0 aliphatic carbocycles. The van der Waals surface area contributed by atoms with Gasteiger partial charge in [-0.15, -0.1) is 0 Å². The van der Waals surface area contributed by atoms with Gasteiger partial charge in [0.05, 0.1) is 10.0 Å². The van der Waals surface area contributed by atoms with Gasteiger partial charge in [0.15, 0.2) is 0 Å². The lowest BCUT2D eigenvalue weighted by Crippen LogP contribution is -2.24. The van der Waals surface area contributed by atoms with Crippen LogP contribution in [0.25, 0.3) is 0 Å². The molecule has 70 valence electrons. The van der Waals surface area contributed by atoms with Gasteiger partial charge >= 0.3 is 0 Å². The molecule has 0 aromatic heterocycles. The number of carbonyl (C=O) groups is 1. The maximum Gasteiger partial charge on any atom is 0.0642 e. The fourth-order valence-corrected chi connectivity index (χ4v) is 1.56. The van der Waals surface area contributed by atoms with Crippen LogP contribution in [0.5, 0.6) is 0 Å². The molecule has 1 aromatic carbocycles. The van der Waals surface area contributed by atoms with E-state index in [1.165, 1.54) is 12.1 Å². The van der Waals surface area contributed by atoms with Gasteiger partial charge in [-0.25, -0.2) is 0 Å². The first-order chi connectivity index (χ1) is 6.02. The average molecular weight is 238 g/mol. The van der Waals surface area contributed by atoms with Crippen molar-refractivity contribution in [1.29, 1.82) is 0 Å². The van der Waals surface area contributed by atoms with Crippen LogP contribution in [-0.4, -0.2) is 5.97 Å². The summed E-state index contributed by atoms with van der Waals surface area (Å²) in [6, 6.07) is 3.00. The van der Waals surface area contributed by atoms with E-state index in [4.69, 9.17) is 34.8 Å². The lowest BCUT2D eigenvalue weighted by atomic mass is 10.1. The fraction of sp³-hybridized carbons (Fsp3) is 0.125. The third-order valence-corrected chi connectivity index (χ3v) is 2.66. The summed E-state index contributed by atoms with van der Waals surface area (Å²) in [6.07, 6.45) is -0.335. The average Bonchev–Trinajstić information content (AvgIpc) is 2.05. The van der Waals surface area contributed by atoms with Crippen molar-refractivity contribution in [1.82, 2.24) is 0 Å². The van der Waals surface area contributed by atoms with Crippen molar-refractivity contribution in [2.24, 2.45) is 0 Å². The molecule has 1 aromatic rings. The van der Waals surface area contributed by atoms with Gasteiger partial charge in [-0.2, -0.15) is 0 Å². The first-order valence-electron chi connectivity index (χ1n) is 3.34. The molecule has 0 radical (unpaired) electrons. The molecule has 0 aliphatic heterocycles. The molecular formula is C8H4Cl3O2-. The summed E-state index contributed by atoms with van der Waals surface area (Å²) in [5.74, 6) is -1.24. The summed E-state index contributed by atoms with van der Waals surface area (Å²) >= 11 is 17.1. The van der Waals surface area contributed by atoms with Crippen LogP contribution >= 0.6 is 34.8 Å². The maximum absolute atomic E-state index is 10.3. The molecule has 13 heavy (non-hydrogen) atoms. The smallest absolute Gasteiger partial charge is 0.0642 e. The molecular weight excluding hydrogens is 234 g/mol. The van der Waals surface area contributed by atoms with Gasteiger partial charge in [0, 0.05) is 17.4 Å². The van der Waals surface area contributed by atoms with Crippen molar-refractivity contribution in [3.63, 3.8) is 0 Å². The van der Waals surface area contributed by atoms with E-state index in [2.05, 4.69) is 0 Å². The van der Waals surface area contributed by atoms with Crippen molar-refractivity contribution in [3.05, 3.63) is 32.8 Å². The Kier molecular flexibility index (Phi) is 3.42. The summed E-state index contributed by atoms with van der Waals surface area (Å²) in [6.45, 7) is 0. The fourth-order valence-electron chi connectivity index (χ4n) is 0.875. The van der Waals surface area contributed by atoms with Crippen molar-refractivity contribution in [2.45, 2.75) is 6.42 Å². The van der Waals surface area contributed by atoms with Crippen LogP contribution < -0.4 is 5.11 Å². The van der Waals surface area contributed by atoms with Gasteiger partial charge in [0.1, 0.15) is 0 Å². The van der Waals surface area contributed by atoms with Crippen LogP contribution in [-0.2, 0) is 11.2 Å². The SMILES string of the molecule is O=C([O-])Cc1c(Cl)ccc(Cl)c1Cl. The molecule has 0 fully saturated rings. The van der Waals surface area contributed by atoms with E-state index in [0.717, 1.165) is 0 Å². The molecule has 0 saturated heterocycles. The Bertz CT molecular complexity index is 349. The number of aliphatic carboxylic acids is 1. The summed E-state index contributed by atoms with van der Waals surface area (Å²) in [5, 5.41) is 11.0. The van der Waals surface area contributed by atoms with Crippen molar-refractivity contribution < 1.29 is 9.90 Å². The van der Waals surface area contributed by atoms with Crippen molar-refractivity contribution >= 4 is 40.8 Å². The van der Waals surface area contributed by atoms with Crippen LogP contribution in [0.2, 0.25) is 15.1 Å². The molecule has 0 aliphatic rings. The topological polar surface area (TPSA) is 40.1 Å². The number of hydrogen-bond donors (Lipinski definition) is 0. The lowest BCUT2D eigenvalue weighted by Gasteiger charge is -2.08. The third-order valence-electron chi connectivity index (χ3n) is 1.46. The molecule has 0 saturated carbocycles. The van der Waals surface area contributed by atoms with Crippen LogP contribution in [0, 0.1) is 0 Å². The van der Waals surface area contributed by atoms with E-state index in [0.29, 0.717) is 0 Å². The number of rotatable bonds is 2. The van der Waals surface area contributed by atoms with E-state index in [9.17, 15) is 9.90 Å². The summed E-state index contributed by atoms with van der Waals surface area (Å²) in [4.78, 5) is 10.3. The van der Waals surface area contributed by atoms with Gasteiger partial charge in [0.25, 0.3) is 0 Å². The zero-order valence-electron chi connectivity index (χ0n) is 6.31. The van der Waals surface area contributed by atoms with Gasteiger partial charge < -0.3 is 9.90 Å². The standard InChI is InChI=1S/C8H5Cl3O2/c9-5-1-2-6(10)8(11)4(5)3-7(12)13/h1-2H,3H2,(H,12,13)/p-1. The molecule has 0 heterocycles. The van der Waals surface area contributed by atoms with E-state index in [1.54, 1.807) is 0 Å². The number of carboxylic acids is 1. The normalized spacial score (nSPS) is 10.1. The van der Waals surface area contributed by atoms with Gasteiger partial charge in [-0.1, -0.05) is 34.8 Å². The zero-order chi connectivity index (χ0) is 10.0. The Balaban J connectivity index is 3.17. The summed E-state index contributed by atoms with van der Waals surface area (Å²) in [5.41, 5.74) is 0.288. The Morgan fingerprint density at radius 1 is 1.23 bits per heavy atom. The monoisotopic (exact) mass is 237 g/mol. The number of benzene rings is 1. The second-order valence-electron chi connectivity index (χ2n) is 2.37. The second kappa shape index (κ2) is 4.18. The molecule has 0 unspecified atom stereocenters. The Morgan fingerprint density at radius 2 is 1.77 bits per heavy atom. The largest absolute Gasteiger partial charge is 0.550 e. The highest BCUT2D eigenvalue weighted by Crippen LogP contribution is 2.31. The number of halogens is 3. The highest BCUT2D eigenvalue weighted by molar-refractivity contribution is 6.44. The van der Waals surface area contributed by atoms with Crippen LogP contribution in [0.1, 0.15) is 5.56 Å². The van der Waals surface area contributed by atoms with Gasteiger partial charge in [0.2, 0.25) is 0 Å². The minimum atomic E-state index is -1.24. The van der Waals surface area contributed by atoms with E-state index < -0.39 is 5.97 Å². The Labute approximate surface area is 90.0 Å². The molecule has 1 rings (SSSR count). The second-order valence-corrected chi connectivity index (χ2v) is 3.56. The van der Waals surface area contributed by atoms with Crippen molar-refractivity contribution in [2.75, 3.05) is 0 Å². The maximum atomic E-state index is 10.3. The molecule has 0 atom stereocenters. The molecule has 2 nitrogen and oxygen atoms in total. The lowest BCUT2D eigenvalue weighted by molar-refractivity contribution is -0.304.